The van der Waals surface area contributed by atoms with Gasteiger partial charge in [-0.05, 0) is 48.9 Å². The van der Waals surface area contributed by atoms with Gasteiger partial charge in [-0.15, -0.1) is 0 Å². The lowest BCUT2D eigenvalue weighted by Crippen LogP contribution is -2.16. The molecule has 2 N–H and O–H groups in total. The highest BCUT2D eigenvalue weighted by Crippen LogP contribution is 2.32. The third-order valence-corrected chi connectivity index (χ3v) is 4.63. The third kappa shape index (κ3) is 4.21. The van der Waals surface area contributed by atoms with Crippen molar-refractivity contribution in [1.82, 2.24) is 10.3 Å². The molecule has 2 aromatic carbocycles. The van der Waals surface area contributed by atoms with Gasteiger partial charge in [0.25, 0.3) is 5.91 Å². The number of rotatable bonds is 6. The Labute approximate surface area is 169 Å². The molecular formula is C23H21N3O3. The van der Waals surface area contributed by atoms with Gasteiger partial charge in [-0.25, -0.2) is 0 Å². The largest absolute Gasteiger partial charge is 0.454 e. The number of hydrogen-bond donors (Lipinski definition) is 2. The quantitative estimate of drug-likeness (QED) is 0.665. The summed E-state index contributed by atoms with van der Waals surface area (Å²) in [4.78, 5) is 16.5. The first kappa shape index (κ1) is 18.6. The Balaban J connectivity index is 1.49. The zero-order valence-electron chi connectivity index (χ0n) is 16.1. The van der Waals surface area contributed by atoms with Crippen molar-refractivity contribution in [3.05, 3.63) is 89.8 Å². The summed E-state index contributed by atoms with van der Waals surface area (Å²) in [5.74, 6) is 1.31. The van der Waals surface area contributed by atoms with Crippen molar-refractivity contribution in [3.8, 4) is 11.5 Å². The average Bonchev–Trinajstić information content (AvgIpc) is 3.21. The van der Waals surface area contributed by atoms with E-state index in [9.17, 15) is 4.79 Å². The van der Waals surface area contributed by atoms with Gasteiger partial charge < -0.3 is 20.1 Å². The van der Waals surface area contributed by atoms with Crippen LogP contribution in [0.15, 0.2) is 67.5 Å². The van der Waals surface area contributed by atoms with Crippen LogP contribution < -0.4 is 20.1 Å². The highest BCUT2D eigenvalue weighted by Gasteiger charge is 2.14. The lowest BCUT2D eigenvalue weighted by atomic mass is 10.1. The molecule has 1 aliphatic heterocycles. The molecule has 0 fully saturated rings. The number of nitrogens with one attached hydrogen (secondary N) is 2. The molecule has 0 bridgehead atoms. The van der Waals surface area contributed by atoms with E-state index in [1.54, 1.807) is 24.5 Å². The summed E-state index contributed by atoms with van der Waals surface area (Å²) >= 11 is 0. The van der Waals surface area contributed by atoms with Gasteiger partial charge in [-0.1, -0.05) is 24.3 Å². The molecule has 4 rings (SSSR count). The maximum absolute atomic E-state index is 12.5. The molecule has 29 heavy (non-hydrogen) atoms. The number of aromatic nitrogens is 1. The number of carbonyl (C=O) groups excluding carboxylic acids is 1. The second-order valence-corrected chi connectivity index (χ2v) is 6.76. The van der Waals surface area contributed by atoms with Gasteiger partial charge in [-0.3, -0.25) is 9.78 Å². The monoisotopic (exact) mass is 387 g/mol. The number of nitrogens with zero attached hydrogens (tertiary/aromatic N) is 1. The van der Waals surface area contributed by atoms with Crippen molar-refractivity contribution >= 4 is 17.3 Å². The fourth-order valence-electron chi connectivity index (χ4n) is 3.07. The highest BCUT2D eigenvalue weighted by molar-refractivity contribution is 6.05. The number of carbonyl (C=O) groups is 1. The molecule has 6 heteroatoms. The summed E-state index contributed by atoms with van der Waals surface area (Å²) in [5.41, 5.74) is 4.92. The molecule has 1 aromatic heterocycles. The van der Waals surface area contributed by atoms with Crippen molar-refractivity contribution in [2.75, 3.05) is 12.1 Å². The normalized spacial score (nSPS) is 11.8. The minimum absolute atomic E-state index is 0.193. The number of amides is 1. The van der Waals surface area contributed by atoms with Crippen molar-refractivity contribution in [1.29, 1.82) is 0 Å². The first-order chi connectivity index (χ1) is 14.1. The van der Waals surface area contributed by atoms with Crippen molar-refractivity contribution in [2.24, 2.45) is 0 Å². The van der Waals surface area contributed by atoms with E-state index in [1.807, 2.05) is 43.3 Å². The number of aryl methyl sites for hydroxylation is 1. The van der Waals surface area contributed by atoms with Crippen LogP contribution in [0.3, 0.4) is 0 Å². The van der Waals surface area contributed by atoms with Crippen molar-refractivity contribution < 1.29 is 14.3 Å². The molecule has 2 heterocycles. The Hall–Kier alpha value is -3.80. The molecule has 1 amide bonds. The van der Waals surface area contributed by atoms with Gasteiger partial charge in [0.15, 0.2) is 11.5 Å². The van der Waals surface area contributed by atoms with Crippen molar-refractivity contribution in [3.63, 3.8) is 0 Å². The van der Waals surface area contributed by atoms with Crippen LogP contribution in [0, 0.1) is 6.92 Å². The van der Waals surface area contributed by atoms with Crippen LogP contribution in [0.5, 0.6) is 11.5 Å². The van der Waals surface area contributed by atoms with Gasteiger partial charge in [-0.2, -0.15) is 0 Å². The second kappa shape index (κ2) is 8.06. The maximum atomic E-state index is 12.5. The van der Waals surface area contributed by atoms with Gasteiger partial charge in [0, 0.05) is 35.8 Å². The van der Waals surface area contributed by atoms with Crippen LogP contribution in [-0.2, 0) is 6.54 Å². The fraction of sp³-hybridized carbons (Fsp3) is 0.130. The topological polar surface area (TPSA) is 72.5 Å². The van der Waals surface area contributed by atoms with Crippen LogP contribution in [0.1, 0.15) is 27.0 Å². The minimum Gasteiger partial charge on any atom is -0.454 e. The standard InChI is InChI=1S/C23H21N3O3/c1-15-3-5-20(26-23(27)18-7-9-24-10-8-18)19(11-15)16(2)25-13-17-4-6-21-22(12-17)29-14-28-21/h3-12,25H,2,13-14H2,1H3,(H,26,27). The molecule has 6 nitrogen and oxygen atoms in total. The van der Waals surface area contributed by atoms with Gasteiger partial charge >= 0.3 is 0 Å². The van der Waals surface area contributed by atoms with E-state index in [-0.39, 0.29) is 12.7 Å². The first-order valence-electron chi connectivity index (χ1n) is 9.24. The Morgan fingerprint density at radius 3 is 2.69 bits per heavy atom. The van der Waals surface area contributed by atoms with E-state index in [1.165, 1.54) is 0 Å². The van der Waals surface area contributed by atoms with Crippen LogP contribution in [0.2, 0.25) is 0 Å². The molecular weight excluding hydrogens is 366 g/mol. The Kier molecular flexibility index (Phi) is 5.16. The molecule has 0 spiro atoms. The van der Waals surface area contributed by atoms with Gasteiger partial charge in [0.1, 0.15) is 0 Å². The molecule has 0 atom stereocenters. The van der Waals surface area contributed by atoms with Crippen LogP contribution in [-0.4, -0.2) is 17.7 Å². The number of anilines is 1. The van der Waals surface area contributed by atoms with E-state index >= 15 is 0 Å². The molecule has 1 aliphatic rings. The zero-order chi connectivity index (χ0) is 20.2. The molecule has 0 radical (unpaired) electrons. The van der Waals surface area contributed by atoms with Gasteiger partial charge in [0.05, 0.1) is 5.69 Å². The number of benzene rings is 2. The number of pyridine rings is 1. The predicted molar refractivity (Wildman–Crippen MR) is 112 cm³/mol. The van der Waals surface area contributed by atoms with Crippen LogP contribution in [0.4, 0.5) is 5.69 Å². The van der Waals surface area contributed by atoms with E-state index < -0.39 is 0 Å². The summed E-state index contributed by atoms with van der Waals surface area (Å²) in [6.45, 7) is 6.99. The fourth-order valence-corrected chi connectivity index (χ4v) is 3.07. The molecule has 146 valence electrons. The second-order valence-electron chi connectivity index (χ2n) is 6.76. The predicted octanol–water partition coefficient (Wildman–Crippen LogP) is 4.13. The number of hydrogen-bond acceptors (Lipinski definition) is 5. The van der Waals surface area contributed by atoms with Crippen LogP contribution in [0.25, 0.3) is 5.70 Å². The maximum Gasteiger partial charge on any atom is 0.255 e. The summed E-state index contributed by atoms with van der Waals surface area (Å²) in [7, 11) is 0. The number of fused-ring (bicyclic) bond motifs is 1. The zero-order valence-corrected chi connectivity index (χ0v) is 16.1. The van der Waals surface area contributed by atoms with E-state index in [0.717, 1.165) is 33.9 Å². The SMILES string of the molecule is C=C(NCc1ccc2c(c1)OCO2)c1cc(C)ccc1NC(=O)c1ccncc1. The summed E-state index contributed by atoms with van der Waals surface area (Å²) in [6.07, 6.45) is 3.19. The Morgan fingerprint density at radius 2 is 1.86 bits per heavy atom. The number of ether oxygens (including phenoxy) is 2. The highest BCUT2D eigenvalue weighted by atomic mass is 16.7. The smallest absolute Gasteiger partial charge is 0.255 e. The molecule has 0 saturated heterocycles. The minimum atomic E-state index is -0.193. The molecule has 0 saturated carbocycles. The Morgan fingerprint density at radius 1 is 1.07 bits per heavy atom. The van der Waals surface area contributed by atoms with Gasteiger partial charge in [0.2, 0.25) is 6.79 Å². The molecule has 3 aromatic rings. The Bertz CT molecular complexity index is 1060. The molecule has 0 aliphatic carbocycles. The summed E-state index contributed by atoms with van der Waals surface area (Å²) in [6, 6.07) is 15.0. The van der Waals surface area contributed by atoms with E-state index in [2.05, 4.69) is 22.2 Å². The van der Waals surface area contributed by atoms with Crippen LogP contribution >= 0.6 is 0 Å². The third-order valence-electron chi connectivity index (χ3n) is 4.63. The summed E-state index contributed by atoms with van der Waals surface area (Å²) < 4.78 is 10.8. The van der Waals surface area contributed by atoms with Crippen molar-refractivity contribution in [2.45, 2.75) is 13.5 Å². The lowest BCUT2D eigenvalue weighted by molar-refractivity contribution is 0.102. The average molecular weight is 387 g/mol. The first-order valence-corrected chi connectivity index (χ1v) is 9.24. The molecule has 0 unspecified atom stereocenters. The van der Waals surface area contributed by atoms with E-state index in [0.29, 0.717) is 17.8 Å². The summed E-state index contributed by atoms with van der Waals surface area (Å²) in [5, 5.41) is 6.30. The van der Waals surface area contributed by atoms with E-state index in [4.69, 9.17) is 9.47 Å². The lowest BCUT2D eigenvalue weighted by Gasteiger charge is -2.16.